The first-order valence-corrected chi connectivity index (χ1v) is 7.53. The third-order valence-corrected chi connectivity index (χ3v) is 3.55. The van der Waals surface area contributed by atoms with Crippen molar-refractivity contribution in [1.29, 1.82) is 5.26 Å². The first-order valence-electron chi connectivity index (χ1n) is 5.93. The van der Waals surface area contributed by atoms with Gasteiger partial charge in [-0.15, -0.1) is 0 Å². The van der Waals surface area contributed by atoms with E-state index in [-0.39, 0.29) is 0 Å². The third-order valence-electron chi connectivity index (χ3n) is 2.67. The molecule has 1 N–H and O–H groups in total. The number of nitrogens with zero attached hydrogens (tertiary/aromatic N) is 2. The fourth-order valence-electron chi connectivity index (χ4n) is 1.46. The molecule has 1 aliphatic rings. The summed E-state index contributed by atoms with van der Waals surface area (Å²) in [4.78, 5) is 4.28. The Hall–Kier alpha value is -1.38. The standard InChI is InChI=1S/C13H14ClN3OS/c1-19-13(16-8-15)17-10-4-5-12(11(14)6-10)18-7-9-2-3-9/h4-6,9H,2-3,7H2,1H3,(H,16,17). The van der Waals surface area contributed by atoms with Crippen LogP contribution in [-0.4, -0.2) is 18.0 Å². The molecule has 6 heteroatoms. The van der Waals surface area contributed by atoms with E-state index < -0.39 is 0 Å². The Morgan fingerprint density at radius 2 is 2.42 bits per heavy atom. The molecule has 0 bridgehead atoms. The van der Waals surface area contributed by atoms with Crippen molar-refractivity contribution in [3.05, 3.63) is 23.2 Å². The van der Waals surface area contributed by atoms with Gasteiger partial charge in [-0.25, -0.2) is 4.99 Å². The van der Waals surface area contributed by atoms with Gasteiger partial charge in [0.1, 0.15) is 5.75 Å². The average Bonchev–Trinajstić information content (AvgIpc) is 3.21. The van der Waals surface area contributed by atoms with Crippen LogP contribution in [0.15, 0.2) is 23.2 Å². The van der Waals surface area contributed by atoms with Crippen molar-refractivity contribution in [2.24, 2.45) is 10.9 Å². The van der Waals surface area contributed by atoms with Gasteiger partial charge in [-0.3, -0.25) is 5.32 Å². The molecule has 1 aliphatic carbocycles. The van der Waals surface area contributed by atoms with E-state index in [0.29, 0.717) is 27.5 Å². The molecule has 19 heavy (non-hydrogen) atoms. The summed E-state index contributed by atoms with van der Waals surface area (Å²) in [6.07, 6.45) is 6.18. The van der Waals surface area contributed by atoms with Crippen LogP contribution in [0.4, 0.5) is 5.69 Å². The number of benzene rings is 1. The molecule has 0 heterocycles. The number of hydrogen-bond acceptors (Lipinski definition) is 4. The highest BCUT2D eigenvalue weighted by molar-refractivity contribution is 8.13. The largest absolute Gasteiger partial charge is 0.492 e. The van der Waals surface area contributed by atoms with Gasteiger partial charge in [-0.05, 0) is 43.2 Å². The van der Waals surface area contributed by atoms with Gasteiger partial charge in [0, 0.05) is 0 Å². The van der Waals surface area contributed by atoms with Gasteiger partial charge in [-0.2, -0.15) is 5.26 Å². The summed E-state index contributed by atoms with van der Waals surface area (Å²) in [7, 11) is 0. The highest BCUT2D eigenvalue weighted by Gasteiger charge is 2.22. The molecule has 1 aromatic rings. The number of thioether (sulfide) groups is 1. The van der Waals surface area contributed by atoms with Gasteiger partial charge < -0.3 is 4.74 Å². The molecule has 0 aliphatic heterocycles. The van der Waals surface area contributed by atoms with E-state index in [1.165, 1.54) is 24.6 Å². The maximum Gasteiger partial charge on any atom is 0.183 e. The summed E-state index contributed by atoms with van der Waals surface area (Å²) in [5.41, 5.74) is 0.691. The second kappa shape index (κ2) is 6.69. The van der Waals surface area contributed by atoms with Crippen LogP contribution >= 0.6 is 23.4 Å². The zero-order valence-corrected chi connectivity index (χ0v) is 12.1. The number of aliphatic imine (C=N–C) groups is 1. The van der Waals surface area contributed by atoms with Gasteiger partial charge in [0.2, 0.25) is 0 Å². The predicted molar refractivity (Wildman–Crippen MR) is 79.0 cm³/mol. The van der Waals surface area contributed by atoms with Crippen LogP contribution in [0.2, 0.25) is 5.02 Å². The van der Waals surface area contributed by atoms with Gasteiger partial charge >= 0.3 is 0 Å². The molecule has 4 nitrogen and oxygen atoms in total. The Bertz CT molecular complexity index is 523. The maximum atomic E-state index is 8.57. The summed E-state index contributed by atoms with van der Waals surface area (Å²) in [6.45, 7) is 0.731. The number of rotatable bonds is 4. The zero-order chi connectivity index (χ0) is 13.7. The number of hydrogen-bond donors (Lipinski definition) is 1. The summed E-state index contributed by atoms with van der Waals surface area (Å²) < 4.78 is 5.64. The van der Waals surface area contributed by atoms with Gasteiger partial charge in [0.05, 0.1) is 17.3 Å². The van der Waals surface area contributed by atoms with Crippen LogP contribution in [0.1, 0.15) is 12.8 Å². The predicted octanol–water partition coefficient (Wildman–Crippen LogP) is 3.55. The lowest BCUT2D eigenvalue weighted by molar-refractivity contribution is 0.300. The summed E-state index contributed by atoms with van der Waals surface area (Å²) in [5, 5.41) is 12.2. The molecule has 0 aromatic heterocycles. The maximum absolute atomic E-state index is 8.57. The van der Waals surface area contributed by atoms with Crippen LogP contribution in [0.5, 0.6) is 5.75 Å². The monoisotopic (exact) mass is 295 g/mol. The second-order valence-corrected chi connectivity index (χ2v) is 5.43. The minimum absolute atomic E-state index is 0.533. The zero-order valence-electron chi connectivity index (χ0n) is 10.5. The van der Waals surface area contributed by atoms with E-state index in [1.54, 1.807) is 6.07 Å². The normalized spacial score (nSPS) is 14.9. The van der Waals surface area contributed by atoms with Crippen molar-refractivity contribution >= 4 is 34.2 Å². The van der Waals surface area contributed by atoms with Gasteiger partial charge in [0.25, 0.3) is 0 Å². The van der Waals surface area contributed by atoms with E-state index in [4.69, 9.17) is 21.6 Å². The third kappa shape index (κ3) is 4.34. The lowest BCUT2D eigenvalue weighted by Gasteiger charge is -2.08. The highest BCUT2D eigenvalue weighted by atomic mass is 35.5. The lowest BCUT2D eigenvalue weighted by atomic mass is 10.3. The molecule has 0 radical (unpaired) electrons. The van der Waals surface area contributed by atoms with E-state index in [2.05, 4.69) is 10.3 Å². The summed E-state index contributed by atoms with van der Waals surface area (Å²) in [6, 6.07) is 5.37. The van der Waals surface area contributed by atoms with Crippen molar-refractivity contribution in [3.63, 3.8) is 0 Å². The van der Waals surface area contributed by atoms with Crippen LogP contribution in [0, 0.1) is 17.4 Å². The molecular weight excluding hydrogens is 282 g/mol. The average molecular weight is 296 g/mol. The minimum Gasteiger partial charge on any atom is -0.492 e. The Labute approximate surface area is 121 Å². The Morgan fingerprint density at radius 1 is 1.63 bits per heavy atom. The molecule has 0 atom stereocenters. The Morgan fingerprint density at radius 3 is 3.00 bits per heavy atom. The quantitative estimate of drug-likeness (QED) is 0.399. The SMILES string of the molecule is CSC(=Nc1ccc(OCC2CC2)c(Cl)c1)NC#N. The number of nitrogens with one attached hydrogen (secondary N) is 1. The van der Waals surface area contributed by atoms with Crippen LogP contribution in [0.25, 0.3) is 0 Å². The molecule has 100 valence electrons. The van der Waals surface area contributed by atoms with Crippen LogP contribution in [0.3, 0.4) is 0 Å². The smallest absolute Gasteiger partial charge is 0.183 e. The molecule has 0 unspecified atom stereocenters. The Balaban J connectivity index is 2.06. The fraction of sp³-hybridized carbons (Fsp3) is 0.385. The van der Waals surface area contributed by atoms with Crippen molar-refractivity contribution in [3.8, 4) is 11.9 Å². The number of nitriles is 1. The first-order chi connectivity index (χ1) is 9.22. The molecule has 0 saturated heterocycles. The molecule has 0 amide bonds. The highest BCUT2D eigenvalue weighted by Crippen LogP contribution is 2.33. The van der Waals surface area contributed by atoms with E-state index >= 15 is 0 Å². The summed E-state index contributed by atoms with van der Waals surface area (Å²) in [5.74, 6) is 1.38. The van der Waals surface area contributed by atoms with Crippen molar-refractivity contribution in [1.82, 2.24) is 5.32 Å². The van der Waals surface area contributed by atoms with Crippen LogP contribution in [-0.2, 0) is 0 Å². The Kier molecular flexibility index (Phi) is 4.94. The molecule has 1 aromatic carbocycles. The fourth-order valence-corrected chi connectivity index (χ4v) is 2.03. The van der Waals surface area contributed by atoms with E-state index in [1.807, 2.05) is 24.6 Å². The summed E-state index contributed by atoms with van der Waals surface area (Å²) >= 11 is 7.51. The molecule has 1 saturated carbocycles. The minimum atomic E-state index is 0.533. The van der Waals surface area contributed by atoms with Crippen LogP contribution < -0.4 is 10.1 Å². The lowest BCUT2D eigenvalue weighted by Crippen LogP contribution is -2.12. The molecular formula is C13H14ClN3OS. The van der Waals surface area contributed by atoms with E-state index in [0.717, 1.165) is 6.61 Å². The second-order valence-electron chi connectivity index (χ2n) is 4.23. The van der Waals surface area contributed by atoms with Crippen molar-refractivity contribution in [2.75, 3.05) is 12.9 Å². The number of amidine groups is 1. The van der Waals surface area contributed by atoms with Crippen molar-refractivity contribution < 1.29 is 4.74 Å². The van der Waals surface area contributed by atoms with Gasteiger partial charge in [0.15, 0.2) is 11.4 Å². The topological polar surface area (TPSA) is 57.4 Å². The van der Waals surface area contributed by atoms with E-state index in [9.17, 15) is 0 Å². The number of ether oxygens (including phenoxy) is 1. The first kappa shape index (κ1) is 14.0. The molecule has 2 rings (SSSR count). The molecule has 0 spiro atoms. The van der Waals surface area contributed by atoms with Crippen molar-refractivity contribution in [2.45, 2.75) is 12.8 Å². The number of halogens is 1. The molecule has 1 fully saturated rings. The van der Waals surface area contributed by atoms with Gasteiger partial charge in [-0.1, -0.05) is 23.4 Å².